The average molecular weight is 327 g/mol. The summed E-state index contributed by atoms with van der Waals surface area (Å²) >= 11 is 0. The highest BCUT2D eigenvalue weighted by Crippen LogP contribution is 2.66. The summed E-state index contributed by atoms with van der Waals surface area (Å²) in [5, 5.41) is 29.5. The van der Waals surface area contributed by atoms with Gasteiger partial charge >= 0.3 is 0 Å². The van der Waals surface area contributed by atoms with Crippen LogP contribution in [0.5, 0.6) is 0 Å². The Balaban J connectivity index is 1.68. The van der Waals surface area contributed by atoms with Crippen LogP contribution in [0.4, 0.5) is 0 Å². The summed E-state index contributed by atoms with van der Waals surface area (Å²) in [4.78, 5) is 0. The first-order chi connectivity index (χ1) is 11.5. The summed E-state index contributed by atoms with van der Waals surface area (Å²) in [5.41, 5.74) is 1.56. The van der Waals surface area contributed by atoms with Crippen LogP contribution in [0.25, 0.3) is 0 Å². The lowest BCUT2D eigenvalue weighted by atomic mass is 9.45. The monoisotopic (exact) mass is 327 g/mol. The first-order valence-electron chi connectivity index (χ1n) is 9.65. The van der Waals surface area contributed by atoms with Crippen molar-refractivity contribution in [3.8, 4) is 6.07 Å². The molecule has 3 fully saturated rings. The minimum Gasteiger partial charge on any atom is -0.513 e. The summed E-state index contributed by atoms with van der Waals surface area (Å²) in [6.07, 6.45) is 12.4. The van der Waals surface area contributed by atoms with E-state index in [4.69, 9.17) is 5.26 Å². The van der Waals surface area contributed by atoms with Gasteiger partial charge in [-0.1, -0.05) is 12.5 Å². The summed E-state index contributed by atoms with van der Waals surface area (Å²) in [5.74, 6) is 2.79. The lowest BCUT2D eigenvalue weighted by Crippen LogP contribution is -2.54. The van der Waals surface area contributed by atoms with Gasteiger partial charge in [-0.25, -0.2) is 0 Å². The number of hydrogen-bond donors (Lipinski definition) is 2. The van der Waals surface area contributed by atoms with Crippen LogP contribution in [0.3, 0.4) is 0 Å². The van der Waals surface area contributed by atoms with Crippen molar-refractivity contribution in [3.05, 3.63) is 23.5 Å². The fourth-order valence-electron chi connectivity index (χ4n) is 7.11. The van der Waals surface area contributed by atoms with Crippen LogP contribution in [0.15, 0.2) is 23.5 Å². The van der Waals surface area contributed by atoms with Gasteiger partial charge in [-0.2, -0.15) is 5.26 Å². The van der Waals surface area contributed by atoms with E-state index in [1.54, 1.807) is 0 Å². The number of rotatable bonds is 1. The summed E-state index contributed by atoms with van der Waals surface area (Å²) in [6.45, 7) is 2.64. The number of fused-ring (bicyclic) bond motifs is 5. The Bertz CT molecular complexity index is 630. The topological polar surface area (TPSA) is 64.2 Å². The highest BCUT2D eigenvalue weighted by molar-refractivity contribution is 5.28. The summed E-state index contributed by atoms with van der Waals surface area (Å²) in [6, 6.07) is 2.27. The van der Waals surface area contributed by atoms with Gasteiger partial charge in [0, 0.05) is 24.5 Å². The lowest BCUT2D eigenvalue weighted by molar-refractivity contribution is -0.110. The third-order valence-electron chi connectivity index (χ3n) is 8.35. The fourth-order valence-corrected chi connectivity index (χ4v) is 7.11. The Labute approximate surface area is 145 Å². The number of allylic oxidation sites excluding steroid dienone is 4. The molecule has 0 aromatic rings. The van der Waals surface area contributed by atoms with Gasteiger partial charge in [0.1, 0.15) is 0 Å². The quantitative estimate of drug-likeness (QED) is 0.697. The number of aliphatic hydroxyl groups excluding tert-OH is 2. The molecule has 4 aliphatic carbocycles. The van der Waals surface area contributed by atoms with Gasteiger partial charge in [-0.15, -0.1) is 0 Å². The smallest absolute Gasteiger partial charge is 0.0911 e. The van der Waals surface area contributed by atoms with E-state index in [-0.39, 0.29) is 17.4 Å². The average Bonchev–Trinajstić information content (AvgIpc) is 2.91. The number of hydrogen-bond acceptors (Lipinski definition) is 3. The van der Waals surface area contributed by atoms with E-state index in [1.165, 1.54) is 18.4 Å². The molecule has 4 rings (SSSR count). The minimum atomic E-state index is -0.0157. The highest BCUT2D eigenvalue weighted by Gasteiger charge is 2.59. The number of aliphatic hydroxyl groups is 2. The predicted molar refractivity (Wildman–Crippen MR) is 92.9 cm³/mol. The summed E-state index contributed by atoms with van der Waals surface area (Å²) < 4.78 is 0. The molecule has 0 aliphatic heterocycles. The molecule has 3 nitrogen and oxygen atoms in total. The first kappa shape index (κ1) is 16.2. The number of nitrogens with zero attached hydrogens (tertiary/aromatic N) is 1. The molecule has 0 spiro atoms. The molecule has 0 amide bonds. The molecule has 130 valence electrons. The van der Waals surface area contributed by atoms with Gasteiger partial charge in [-0.3, -0.25) is 0 Å². The highest BCUT2D eigenvalue weighted by atomic mass is 16.3. The van der Waals surface area contributed by atoms with Crippen LogP contribution < -0.4 is 0 Å². The van der Waals surface area contributed by atoms with Gasteiger partial charge in [-0.05, 0) is 80.1 Å². The van der Waals surface area contributed by atoms with E-state index in [0.29, 0.717) is 29.4 Å². The second-order valence-corrected chi connectivity index (χ2v) is 8.90. The van der Waals surface area contributed by atoms with Crippen LogP contribution in [0, 0.1) is 45.8 Å². The molecule has 0 bridgehead atoms. The van der Waals surface area contributed by atoms with Crippen LogP contribution in [0.2, 0.25) is 0 Å². The molecule has 0 aromatic heterocycles. The van der Waals surface area contributed by atoms with Gasteiger partial charge < -0.3 is 10.2 Å². The third-order valence-corrected chi connectivity index (χ3v) is 8.35. The lowest BCUT2D eigenvalue weighted by Gasteiger charge is -2.59. The van der Waals surface area contributed by atoms with E-state index < -0.39 is 0 Å². The second kappa shape index (κ2) is 5.63. The molecule has 6 atom stereocenters. The van der Waals surface area contributed by atoms with Crippen molar-refractivity contribution >= 4 is 0 Å². The van der Waals surface area contributed by atoms with Crippen LogP contribution in [-0.4, -0.2) is 16.8 Å². The summed E-state index contributed by atoms with van der Waals surface area (Å²) in [7, 11) is 0. The zero-order valence-electron chi connectivity index (χ0n) is 14.7. The van der Waals surface area contributed by atoms with E-state index in [2.05, 4.69) is 19.1 Å². The maximum absolute atomic E-state index is 10.4. The van der Waals surface area contributed by atoms with Crippen molar-refractivity contribution in [3.63, 3.8) is 0 Å². The predicted octanol–water partition coefficient (Wildman–Crippen LogP) is 4.50. The van der Waals surface area contributed by atoms with Crippen molar-refractivity contribution in [1.29, 1.82) is 5.26 Å². The van der Waals surface area contributed by atoms with Crippen molar-refractivity contribution < 1.29 is 10.2 Å². The molecule has 3 heteroatoms. The first-order valence-corrected chi connectivity index (χ1v) is 9.65. The molecular formula is C21H29NO2. The Kier molecular flexibility index (Phi) is 3.80. The Morgan fingerprint density at radius 1 is 1.21 bits per heavy atom. The van der Waals surface area contributed by atoms with Crippen LogP contribution >= 0.6 is 0 Å². The van der Waals surface area contributed by atoms with Crippen molar-refractivity contribution in [2.45, 2.75) is 58.3 Å². The van der Waals surface area contributed by atoms with Gasteiger partial charge in [0.2, 0.25) is 0 Å². The molecule has 0 radical (unpaired) electrons. The van der Waals surface area contributed by atoms with E-state index >= 15 is 0 Å². The zero-order valence-corrected chi connectivity index (χ0v) is 14.7. The Morgan fingerprint density at radius 3 is 2.79 bits per heavy atom. The molecule has 2 N–H and O–H groups in total. The zero-order chi connectivity index (χ0) is 16.9. The fraction of sp³-hybridized carbons (Fsp3) is 0.762. The molecule has 0 heterocycles. The van der Waals surface area contributed by atoms with Crippen LogP contribution in [-0.2, 0) is 0 Å². The maximum atomic E-state index is 10.4. The molecule has 0 aromatic carbocycles. The van der Waals surface area contributed by atoms with Crippen molar-refractivity contribution in [2.24, 2.45) is 34.5 Å². The second-order valence-electron chi connectivity index (χ2n) is 8.90. The normalized spacial score (nSPS) is 48.9. The largest absolute Gasteiger partial charge is 0.513 e. The Hall–Kier alpha value is -1.27. The van der Waals surface area contributed by atoms with Gasteiger partial charge in [0.25, 0.3) is 0 Å². The minimum absolute atomic E-state index is 0.0157. The SMILES string of the molecule is C[C@]12CC[C@H]3[C@@H](CCC4C=C(O)CC[C@@]43CO)[C@@H]1CC/C2=C/C#N. The molecule has 3 saturated carbocycles. The maximum Gasteiger partial charge on any atom is 0.0911 e. The van der Waals surface area contributed by atoms with E-state index in [1.807, 2.05) is 6.08 Å². The van der Waals surface area contributed by atoms with Crippen molar-refractivity contribution in [2.75, 3.05) is 6.61 Å². The van der Waals surface area contributed by atoms with Crippen LogP contribution in [0.1, 0.15) is 58.3 Å². The molecule has 1 unspecified atom stereocenters. The van der Waals surface area contributed by atoms with Gasteiger partial charge in [0.15, 0.2) is 0 Å². The molecule has 24 heavy (non-hydrogen) atoms. The van der Waals surface area contributed by atoms with Crippen molar-refractivity contribution in [1.82, 2.24) is 0 Å². The van der Waals surface area contributed by atoms with E-state index in [0.717, 1.165) is 38.5 Å². The van der Waals surface area contributed by atoms with E-state index in [9.17, 15) is 10.2 Å². The van der Waals surface area contributed by atoms with Gasteiger partial charge in [0.05, 0.1) is 11.8 Å². The number of nitriles is 1. The molecule has 4 aliphatic rings. The Morgan fingerprint density at radius 2 is 2.04 bits per heavy atom. The third kappa shape index (κ3) is 2.05. The standard InChI is InChI=1S/C21H29NO2/c1-20-9-7-19-17(18(20)5-3-14(20)8-11-22)4-2-15-12-16(24)6-10-21(15,19)13-23/h8,12,15,17-19,23-24H,2-7,9-10,13H2,1H3/b14-8-/t15?,17-,18-,19-,20+,21+/m0/s1. The molecular weight excluding hydrogens is 298 g/mol. The molecule has 0 saturated heterocycles.